The third kappa shape index (κ3) is 3.40. The highest BCUT2D eigenvalue weighted by atomic mass is 79.9. The smallest absolute Gasteiger partial charge is 0.295 e. The molecule has 0 unspecified atom stereocenters. The molecule has 6 nitrogen and oxygen atoms in total. The molecule has 1 aliphatic heterocycles. The van der Waals surface area contributed by atoms with Crippen LogP contribution in [0.5, 0.6) is 0 Å². The van der Waals surface area contributed by atoms with Gasteiger partial charge < -0.3 is 10.3 Å². The zero-order chi connectivity index (χ0) is 14.0. The highest BCUT2D eigenvalue weighted by molar-refractivity contribution is 9.10. The van der Waals surface area contributed by atoms with E-state index in [4.69, 9.17) is 0 Å². The molecule has 19 heavy (non-hydrogen) atoms. The molecule has 1 saturated heterocycles. The average Bonchev–Trinajstić information content (AvgIpc) is 2.36. The van der Waals surface area contributed by atoms with Crippen molar-refractivity contribution in [2.45, 2.75) is 0 Å². The Kier molecular flexibility index (Phi) is 4.33. The number of nitrogens with zero attached hydrogens (tertiary/aromatic N) is 3. The van der Waals surface area contributed by atoms with Crippen LogP contribution in [0.3, 0.4) is 0 Å². The van der Waals surface area contributed by atoms with Crippen LogP contribution in [0.25, 0.3) is 0 Å². The predicted octanol–water partition coefficient (Wildman–Crippen LogP) is 2.07. The molecule has 8 heteroatoms. The minimum atomic E-state index is -0.526. The van der Waals surface area contributed by atoms with E-state index < -0.39 is 10.7 Å². The first kappa shape index (κ1) is 14.2. The molecule has 1 aliphatic rings. The second-order valence-corrected chi connectivity index (χ2v) is 5.30. The van der Waals surface area contributed by atoms with Gasteiger partial charge in [-0.3, -0.25) is 10.1 Å². The van der Waals surface area contributed by atoms with Crippen LogP contribution < -0.4 is 5.43 Å². The Morgan fingerprint density at radius 3 is 2.58 bits per heavy atom. The van der Waals surface area contributed by atoms with Gasteiger partial charge in [0.2, 0.25) is 0 Å². The second-order valence-electron chi connectivity index (χ2n) is 4.44. The third-order valence-electron chi connectivity index (χ3n) is 3.02. The Morgan fingerprint density at radius 1 is 1.37 bits per heavy atom. The van der Waals surface area contributed by atoms with E-state index in [0.717, 1.165) is 32.2 Å². The predicted molar refractivity (Wildman–Crippen MR) is 73.4 cm³/mol. The summed E-state index contributed by atoms with van der Waals surface area (Å²) in [7, 11) is 2.01. The maximum atomic E-state index is 13.5. The lowest BCUT2D eigenvalue weighted by molar-refractivity contribution is -0.384. The number of hydrogen-bond acceptors (Lipinski definition) is 5. The Bertz CT molecular complexity index is 492. The molecule has 0 aromatic heterocycles. The van der Waals surface area contributed by atoms with Crippen molar-refractivity contribution >= 4 is 27.3 Å². The second kappa shape index (κ2) is 5.81. The summed E-state index contributed by atoms with van der Waals surface area (Å²) in [6.45, 7) is 3.18. The van der Waals surface area contributed by atoms with Crippen LogP contribution in [0.4, 0.5) is 15.8 Å². The van der Waals surface area contributed by atoms with Crippen LogP contribution in [0.1, 0.15) is 0 Å². The van der Waals surface area contributed by atoms with Crippen molar-refractivity contribution in [3.63, 3.8) is 0 Å². The highest BCUT2D eigenvalue weighted by Crippen LogP contribution is 2.30. The molecule has 0 radical (unpaired) electrons. The van der Waals surface area contributed by atoms with E-state index >= 15 is 0 Å². The van der Waals surface area contributed by atoms with Crippen molar-refractivity contribution in [1.82, 2.24) is 9.91 Å². The van der Waals surface area contributed by atoms with Crippen molar-refractivity contribution in [3.8, 4) is 0 Å². The number of nitro benzene ring substituents is 1. The minimum absolute atomic E-state index is 0.0862. The summed E-state index contributed by atoms with van der Waals surface area (Å²) in [4.78, 5) is 12.6. The van der Waals surface area contributed by atoms with Crippen molar-refractivity contribution < 1.29 is 9.31 Å². The molecule has 0 bridgehead atoms. The number of anilines is 1. The van der Waals surface area contributed by atoms with Gasteiger partial charge in [0, 0.05) is 38.3 Å². The van der Waals surface area contributed by atoms with E-state index in [1.54, 1.807) is 0 Å². The van der Waals surface area contributed by atoms with Gasteiger partial charge in [0.25, 0.3) is 5.69 Å². The van der Waals surface area contributed by atoms with Crippen molar-refractivity contribution in [2.24, 2.45) is 0 Å². The fourth-order valence-electron chi connectivity index (χ4n) is 1.87. The molecular weight excluding hydrogens is 319 g/mol. The summed E-state index contributed by atoms with van der Waals surface area (Å²) in [5.41, 5.74) is 2.95. The summed E-state index contributed by atoms with van der Waals surface area (Å²) >= 11 is 2.95. The topological polar surface area (TPSA) is 61.6 Å². The molecule has 0 saturated carbocycles. The Morgan fingerprint density at radius 2 is 2.00 bits per heavy atom. The van der Waals surface area contributed by atoms with E-state index in [2.05, 4.69) is 26.3 Å². The van der Waals surface area contributed by atoms with Crippen LogP contribution >= 0.6 is 15.9 Å². The zero-order valence-electron chi connectivity index (χ0n) is 10.4. The van der Waals surface area contributed by atoms with Gasteiger partial charge in [0.05, 0.1) is 9.40 Å². The van der Waals surface area contributed by atoms with Crippen molar-refractivity contribution in [1.29, 1.82) is 0 Å². The van der Waals surface area contributed by atoms with E-state index in [-0.39, 0.29) is 15.8 Å². The number of hydrogen-bond donors (Lipinski definition) is 1. The van der Waals surface area contributed by atoms with E-state index in [1.807, 2.05) is 12.1 Å². The summed E-state index contributed by atoms with van der Waals surface area (Å²) in [6.07, 6.45) is 0. The molecular formula is C11H14BrFN4O2. The summed E-state index contributed by atoms with van der Waals surface area (Å²) in [6, 6.07) is 2.31. The van der Waals surface area contributed by atoms with Gasteiger partial charge in [-0.25, -0.2) is 9.40 Å². The fourth-order valence-corrected chi connectivity index (χ4v) is 2.20. The van der Waals surface area contributed by atoms with Crippen LogP contribution in [-0.4, -0.2) is 48.1 Å². The van der Waals surface area contributed by atoms with Crippen LogP contribution in [0.15, 0.2) is 16.6 Å². The molecule has 1 N–H and O–H groups in total. The normalized spacial score (nSPS) is 17.4. The number of piperazine rings is 1. The fraction of sp³-hybridized carbons (Fsp3) is 0.455. The molecule has 0 aliphatic carbocycles. The Hall–Kier alpha value is -1.25. The van der Waals surface area contributed by atoms with Gasteiger partial charge in [0.1, 0.15) is 11.5 Å². The standard InChI is InChI=1S/C11H14BrFN4O2/c1-15-2-4-16(5-3-15)14-10-7-9(13)8(12)6-11(10)17(18)19/h6-7,14H,2-5H2,1H3. The Labute approximate surface area is 118 Å². The lowest BCUT2D eigenvalue weighted by atomic mass is 10.2. The molecule has 1 heterocycles. The van der Waals surface area contributed by atoms with Gasteiger partial charge >= 0.3 is 0 Å². The first-order valence-electron chi connectivity index (χ1n) is 5.81. The summed E-state index contributed by atoms with van der Waals surface area (Å²) in [5, 5.41) is 12.8. The number of halogens is 2. The molecule has 0 spiro atoms. The van der Waals surface area contributed by atoms with E-state index in [1.165, 1.54) is 6.07 Å². The highest BCUT2D eigenvalue weighted by Gasteiger charge is 2.21. The minimum Gasteiger partial charge on any atom is -0.313 e. The summed E-state index contributed by atoms with van der Waals surface area (Å²) in [5.74, 6) is -0.526. The number of likely N-dealkylation sites (N-methyl/N-ethyl adjacent to an activating group) is 1. The largest absolute Gasteiger partial charge is 0.313 e. The quantitative estimate of drug-likeness (QED) is 0.678. The first-order valence-corrected chi connectivity index (χ1v) is 6.60. The van der Waals surface area contributed by atoms with Crippen LogP contribution in [0.2, 0.25) is 0 Å². The van der Waals surface area contributed by atoms with Gasteiger partial charge in [0.15, 0.2) is 0 Å². The zero-order valence-corrected chi connectivity index (χ0v) is 12.0. The number of hydrazine groups is 1. The van der Waals surface area contributed by atoms with Crippen molar-refractivity contribution in [2.75, 3.05) is 38.7 Å². The lowest BCUT2D eigenvalue weighted by Crippen LogP contribution is -2.47. The van der Waals surface area contributed by atoms with E-state index in [0.29, 0.717) is 0 Å². The third-order valence-corrected chi connectivity index (χ3v) is 3.62. The molecule has 1 fully saturated rings. The lowest BCUT2D eigenvalue weighted by Gasteiger charge is -2.32. The number of benzene rings is 1. The van der Waals surface area contributed by atoms with E-state index in [9.17, 15) is 14.5 Å². The van der Waals surface area contributed by atoms with Gasteiger partial charge in [-0.1, -0.05) is 0 Å². The molecule has 104 valence electrons. The maximum Gasteiger partial charge on any atom is 0.295 e. The molecule has 0 atom stereocenters. The Balaban J connectivity index is 2.19. The maximum absolute atomic E-state index is 13.5. The molecule has 1 aromatic rings. The number of rotatable bonds is 3. The first-order chi connectivity index (χ1) is 8.97. The molecule has 2 rings (SSSR count). The van der Waals surface area contributed by atoms with Crippen molar-refractivity contribution in [3.05, 3.63) is 32.5 Å². The number of nitrogens with one attached hydrogen (secondary N) is 1. The SMILES string of the molecule is CN1CCN(Nc2cc(F)c(Br)cc2[N+](=O)[O-])CC1. The monoisotopic (exact) mass is 332 g/mol. The molecule has 0 amide bonds. The van der Waals surface area contributed by atoms with Gasteiger partial charge in [-0.15, -0.1) is 0 Å². The van der Waals surface area contributed by atoms with Crippen LogP contribution in [-0.2, 0) is 0 Å². The summed E-state index contributed by atoms with van der Waals surface area (Å²) < 4.78 is 13.6. The number of nitro groups is 1. The molecule has 1 aromatic carbocycles. The average molecular weight is 333 g/mol. The van der Waals surface area contributed by atoms with Crippen LogP contribution in [0, 0.1) is 15.9 Å². The van der Waals surface area contributed by atoms with Gasteiger partial charge in [-0.05, 0) is 23.0 Å². The van der Waals surface area contributed by atoms with Gasteiger partial charge in [-0.2, -0.15) is 0 Å².